The fourth-order valence-corrected chi connectivity index (χ4v) is 3.64. The maximum atomic E-state index is 12.4. The summed E-state index contributed by atoms with van der Waals surface area (Å²) in [6.45, 7) is -1.03. The number of hydrogen-bond acceptors (Lipinski definition) is 5. The number of ether oxygens (including phenoxy) is 1. The molecule has 24 heavy (non-hydrogen) atoms. The number of benzene rings is 1. The minimum absolute atomic E-state index is 0.0522. The molecule has 128 valence electrons. The van der Waals surface area contributed by atoms with Crippen molar-refractivity contribution < 1.29 is 18.3 Å². The third-order valence-electron chi connectivity index (χ3n) is 3.83. The van der Waals surface area contributed by atoms with Crippen LogP contribution < -0.4 is 15.4 Å². The van der Waals surface area contributed by atoms with Crippen LogP contribution in [0.2, 0.25) is 0 Å². The molecule has 2 heterocycles. The minimum atomic E-state index is -2.98. The molecule has 0 aliphatic carbocycles. The van der Waals surface area contributed by atoms with E-state index in [1.165, 1.54) is 29.5 Å². The van der Waals surface area contributed by atoms with Crippen molar-refractivity contribution in [1.82, 2.24) is 10.3 Å². The third-order valence-corrected chi connectivity index (χ3v) is 4.91. The van der Waals surface area contributed by atoms with Crippen LogP contribution in [0.3, 0.4) is 0 Å². The van der Waals surface area contributed by atoms with Gasteiger partial charge in [0, 0.05) is 11.1 Å². The lowest BCUT2D eigenvalue weighted by Crippen LogP contribution is -2.26. The lowest BCUT2D eigenvalue weighted by atomic mass is 9.97. The lowest BCUT2D eigenvalue weighted by Gasteiger charge is -2.20. The van der Waals surface area contributed by atoms with Gasteiger partial charge in [0.2, 0.25) is 0 Å². The summed E-state index contributed by atoms with van der Waals surface area (Å²) in [4.78, 5) is 17.7. The molecule has 1 aromatic carbocycles. The number of nitrogens with zero attached hydrogens (tertiary/aromatic N) is 1. The Kier molecular flexibility index (Phi) is 5.37. The maximum absolute atomic E-state index is 12.4. The Balaban J connectivity index is 1.70. The molecule has 2 N–H and O–H groups in total. The fraction of sp³-hybridized carbons (Fsp3) is 0.375. The molecule has 1 aromatic heterocycles. The molecule has 0 atom stereocenters. The molecule has 1 amide bonds. The maximum Gasteiger partial charge on any atom is 0.387 e. The molecule has 1 aliphatic heterocycles. The van der Waals surface area contributed by atoms with E-state index in [9.17, 15) is 13.6 Å². The van der Waals surface area contributed by atoms with Crippen LogP contribution in [0.15, 0.2) is 30.5 Å². The van der Waals surface area contributed by atoms with E-state index >= 15 is 0 Å². The number of carbonyl (C=O) groups is 1. The number of anilines is 1. The summed E-state index contributed by atoms with van der Waals surface area (Å²) in [6.07, 6.45) is 3.86. The zero-order valence-corrected chi connectivity index (χ0v) is 13.6. The Hall–Kier alpha value is -2.06. The van der Waals surface area contributed by atoms with E-state index in [1.54, 1.807) is 12.3 Å². The van der Waals surface area contributed by atoms with Crippen molar-refractivity contribution >= 4 is 22.4 Å². The average Bonchev–Trinajstić information content (AvgIpc) is 3.04. The Labute approximate surface area is 142 Å². The van der Waals surface area contributed by atoms with Gasteiger partial charge in [-0.3, -0.25) is 10.1 Å². The van der Waals surface area contributed by atoms with E-state index in [0.717, 1.165) is 30.8 Å². The molecule has 2 aromatic rings. The molecule has 1 aliphatic rings. The fourth-order valence-electron chi connectivity index (χ4n) is 2.66. The number of aromatic nitrogens is 1. The van der Waals surface area contributed by atoms with Crippen molar-refractivity contribution in [1.29, 1.82) is 0 Å². The quantitative estimate of drug-likeness (QED) is 0.864. The lowest BCUT2D eigenvalue weighted by molar-refractivity contribution is -0.0501. The van der Waals surface area contributed by atoms with Crippen molar-refractivity contribution in [2.24, 2.45) is 0 Å². The summed E-state index contributed by atoms with van der Waals surface area (Å²) in [5.74, 6) is -0.221. The van der Waals surface area contributed by atoms with Crippen LogP contribution >= 0.6 is 11.3 Å². The van der Waals surface area contributed by atoms with Gasteiger partial charge < -0.3 is 10.1 Å². The van der Waals surface area contributed by atoms with Gasteiger partial charge >= 0.3 is 6.61 Å². The van der Waals surface area contributed by atoms with E-state index in [-0.39, 0.29) is 11.3 Å². The van der Waals surface area contributed by atoms with E-state index < -0.39 is 12.5 Å². The van der Waals surface area contributed by atoms with E-state index in [1.807, 2.05) is 0 Å². The van der Waals surface area contributed by atoms with E-state index in [4.69, 9.17) is 0 Å². The first-order valence-corrected chi connectivity index (χ1v) is 8.47. The molecule has 0 unspecified atom stereocenters. The second kappa shape index (κ2) is 7.67. The summed E-state index contributed by atoms with van der Waals surface area (Å²) in [5, 5.41) is 6.42. The Morgan fingerprint density at radius 3 is 2.83 bits per heavy atom. The van der Waals surface area contributed by atoms with Crippen LogP contribution in [0.5, 0.6) is 5.75 Å². The first kappa shape index (κ1) is 16.8. The molecular formula is C16H17F2N3O2S. The van der Waals surface area contributed by atoms with E-state index in [0.29, 0.717) is 11.0 Å². The van der Waals surface area contributed by atoms with Gasteiger partial charge in [0.1, 0.15) is 5.75 Å². The SMILES string of the molecule is O=C(Nc1ncc(C2CCNCC2)s1)c1ccccc1OC(F)F. The second-order valence-electron chi connectivity index (χ2n) is 5.42. The topological polar surface area (TPSA) is 63.2 Å². The van der Waals surface area contributed by atoms with Gasteiger partial charge in [-0.15, -0.1) is 11.3 Å². The summed E-state index contributed by atoms with van der Waals surface area (Å²) in [7, 11) is 0. The summed E-state index contributed by atoms with van der Waals surface area (Å²) < 4.78 is 29.2. The molecule has 0 saturated carbocycles. The molecule has 1 saturated heterocycles. The molecule has 0 bridgehead atoms. The first-order chi connectivity index (χ1) is 11.6. The highest BCUT2D eigenvalue weighted by Gasteiger charge is 2.20. The minimum Gasteiger partial charge on any atom is -0.434 e. The Bertz CT molecular complexity index is 702. The van der Waals surface area contributed by atoms with Gasteiger partial charge in [-0.2, -0.15) is 8.78 Å². The van der Waals surface area contributed by atoms with Crippen LogP contribution in [0.25, 0.3) is 0 Å². The molecule has 0 radical (unpaired) electrons. The number of piperidine rings is 1. The molecule has 0 spiro atoms. The Morgan fingerprint density at radius 2 is 2.08 bits per heavy atom. The van der Waals surface area contributed by atoms with Crippen molar-refractivity contribution in [2.45, 2.75) is 25.4 Å². The molecule has 8 heteroatoms. The van der Waals surface area contributed by atoms with Crippen LogP contribution in [0, 0.1) is 0 Å². The van der Waals surface area contributed by atoms with Gasteiger partial charge in [0.25, 0.3) is 5.91 Å². The molecular weight excluding hydrogens is 336 g/mol. The van der Waals surface area contributed by atoms with Crippen molar-refractivity contribution in [3.8, 4) is 5.75 Å². The standard InChI is InChI=1S/C16H17F2N3O2S/c17-15(18)23-12-4-2-1-3-11(12)14(22)21-16-20-9-13(24-16)10-5-7-19-8-6-10/h1-4,9-10,15,19H,5-8H2,(H,20,21,22). The predicted molar refractivity (Wildman–Crippen MR) is 88.0 cm³/mol. The zero-order chi connectivity index (χ0) is 16.9. The van der Waals surface area contributed by atoms with Crippen molar-refractivity contribution in [2.75, 3.05) is 18.4 Å². The van der Waals surface area contributed by atoms with Gasteiger partial charge in [-0.05, 0) is 44.0 Å². The smallest absolute Gasteiger partial charge is 0.387 e. The van der Waals surface area contributed by atoms with Crippen molar-refractivity contribution in [3.63, 3.8) is 0 Å². The predicted octanol–water partition coefficient (Wildman–Crippen LogP) is 3.46. The number of hydrogen-bond donors (Lipinski definition) is 2. The first-order valence-electron chi connectivity index (χ1n) is 7.65. The van der Waals surface area contributed by atoms with Gasteiger partial charge in [-0.25, -0.2) is 4.98 Å². The summed E-state index contributed by atoms with van der Waals surface area (Å²) in [6, 6.07) is 5.90. The number of halogens is 2. The van der Waals surface area contributed by atoms with Gasteiger partial charge in [0.05, 0.1) is 5.56 Å². The number of para-hydroxylation sites is 1. The number of thiazole rings is 1. The number of alkyl halides is 2. The van der Waals surface area contributed by atoms with Gasteiger partial charge in [0.15, 0.2) is 5.13 Å². The van der Waals surface area contributed by atoms with Gasteiger partial charge in [-0.1, -0.05) is 12.1 Å². The monoisotopic (exact) mass is 353 g/mol. The zero-order valence-electron chi connectivity index (χ0n) is 12.8. The third kappa shape index (κ3) is 4.07. The van der Waals surface area contributed by atoms with Crippen LogP contribution in [0.4, 0.5) is 13.9 Å². The highest BCUT2D eigenvalue weighted by Crippen LogP contribution is 2.32. The summed E-state index contributed by atoms with van der Waals surface area (Å²) in [5.41, 5.74) is 0.0522. The molecule has 5 nitrogen and oxygen atoms in total. The molecule has 1 fully saturated rings. The average molecular weight is 353 g/mol. The number of amides is 1. The number of carbonyl (C=O) groups excluding carboxylic acids is 1. The number of rotatable bonds is 5. The highest BCUT2D eigenvalue weighted by molar-refractivity contribution is 7.15. The normalized spacial score (nSPS) is 15.5. The van der Waals surface area contributed by atoms with E-state index in [2.05, 4.69) is 20.4 Å². The van der Waals surface area contributed by atoms with Crippen LogP contribution in [-0.4, -0.2) is 30.6 Å². The summed E-state index contributed by atoms with van der Waals surface area (Å²) >= 11 is 1.42. The highest BCUT2D eigenvalue weighted by atomic mass is 32.1. The van der Waals surface area contributed by atoms with Crippen LogP contribution in [0.1, 0.15) is 34.0 Å². The van der Waals surface area contributed by atoms with Crippen LogP contribution in [-0.2, 0) is 0 Å². The number of nitrogens with one attached hydrogen (secondary N) is 2. The Morgan fingerprint density at radius 1 is 1.33 bits per heavy atom. The largest absolute Gasteiger partial charge is 0.434 e. The molecule has 3 rings (SSSR count). The van der Waals surface area contributed by atoms with Crippen molar-refractivity contribution in [3.05, 3.63) is 40.9 Å². The second-order valence-corrected chi connectivity index (χ2v) is 6.48.